The molecular formula is C12H18O6. The Labute approximate surface area is 106 Å². The van der Waals surface area contributed by atoms with Crippen LogP contribution < -0.4 is 0 Å². The monoisotopic (exact) mass is 258 g/mol. The van der Waals surface area contributed by atoms with Gasteiger partial charge >= 0.3 is 11.9 Å². The van der Waals surface area contributed by atoms with E-state index in [0.717, 1.165) is 0 Å². The van der Waals surface area contributed by atoms with Gasteiger partial charge in [-0.3, -0.25) is 4.79 Å². The first kappa shape index (κ1) is 14.7. The molecule has 0 aliphatic carbocycles. The summed E-state index contributed by atoms with van der Waals surface area (Å²) in [5, 5.41) is 0. The lowest BCUT2D eigenvalue weighted by Crippen LogP contribution is -2.30. The third kappa shape index (κ3) is 4.85. The first-order chi connectivity index (χ1) is 8.43. The molecule has 0 spiro atoms. The molecule has 6 nitrogen and oxygen atoms in total. The smallest absolute Gasteiger partial charge is 0.333 e. The van der Waals surface area contributed by atoms with Crippen molar-refractivity contribution in [3.63, 3.8) is 0 Å². The Hall–Kier alpha value is -1.40. The SMILES string of the molecule is C=C(C)C(=O)OCCOC(=O)CC1(C)OCCO1. The second-order valence-electron chi connectivity index (χ2n) is 4.14. The number of esters is 2. The summed E-state index contributed by atoms with van der Waals surface area (Å²) >= 11 is 0. The highest BCUT2D eigenvalue weighted by Gasteiger charge is 2.34. The Morgan fingerprint density at radius 1 is 1.22 bits per heavy atom. The van der Waals surface area contributed by atoms with Crippen molar-refractivity contribution in [3.8, 4) is 0 Å². The van der Waals surface area contributed by atoms with Crippen LogP contribution in [0.25, 0.3) is 0 Å². The van der Waals surface area contributed by atoms with E-state index in [1.165, 1.54) is 0 Å². The minimum absolute atomic E-state index is 0.00787. The molecule has 0 amide bonds. The van der Waals surface area contributed by atoms with Gasteiger partial charge in [0.15, 0.2) is 5.79 Å². The van der Waals surface area contributed by atoms with Crippen LogP contribution in [-0.4, -0.2) is 44.2 Å². The Morgan fingerprint density at radius 2 is 1.78 bits per heavy atom. The number of ether oxygens (including phenoxy) is 4. The van der Waals surface area contributed by atoms with Crippen LogP contribution in [0.2, 0.25) is 0 Å². The van der Waals surface area contributed by atoms with Crippen LogP contribution in [0.5, 0.6) is 0 Å². The fourth-order valence-electron chi connectivity index (χ4n) is 1.39. The summed E-state index contributed by atoms with van der Waals surface area (Å²) < 4.78 is 20.2. The van der Waals surface area contributed by atoms with Crippen molar-refractivity contribution in [3.05, 3.63) is 12.2 Å². The van der Waals surface area contributed by atoms with Crippen LogP contribution in [0.15, 0.2) is 12.2 Å². The first-order valence-corrected chi connectivity index (χ1v) is 5.69. The molecule has 6 heteroatoms. The Balaban J connectivity index is 2.14. The van der Waals surface area contributed by atoms with Gasteiger partial charge in [-0.1, -0.05) is 6.58 Å². The van der Waals surface area contributed by atoms with E-state index in [4.69, 9.17) is 18.9 Å². The topological polar surface area (TPSA) is 71.1 Å². The summed E-state index contributed by atoms with van der Waals surface area (Å²) in [5.41, 5.74) is 0.307. The van der Waals surface area contributed by atoms with E-state index in [9.17, 15) is 9.59 Å². The Bertz CT molecular complexity index is 329. The third-order valence-electron chi connectivity index (χ3n) is 2.29. The van der Waals surface area contributed by atoms with E-state index in [1.807, 2.05) is 0 Å². The number of hydrogen-bond donors (Lipinski definition) is 0. The minimum Gasteiger partial charge on any atom is -0.462 e. The van der Waals surface area contributed by atoms with Gasteiger partial charge in [-0.05, 0) is 13.8 Å². The summed E-state index contributed by atoms with van der Waals surface area (Å²) in [6, 6.07) is 0. The van der Waals surface area contributed by atoms with Crippen LogP contribution in [-0.2, 0) is 28.5 Å². The van der Waals surface area contributed by atoms with Crippen LogP contribution in [0, 0.1) is 0 Å². The zero-order chi connectivity index (χ0) is 13.6. The van der Waals surface area contributed by atoms with E-state index < -0.39 is 17.7 Å². The molecule has 102 valence electrons. The van der Waals surface area contributed by atoms with Gasteiger partial charge in [-0.15, -0.1) is 0 Å². The van der Waals surface area contributed by atoms with Crippen LogP contribution in [0.1, 0.15) is 20.3 Å². The highest BCUT2D eigenvalue weighted by Crippen LogP contribution is 2.22. The summed E-state index contributed by atoms with van der Waals surface area (Å²) in [7, 11) is 0. The average molecular weight is 258 g/mol. The maximum atomic E-state index is 11.4. The van der Waals surface area contributed by atoms with Crippen LogP contribution >= 0.6 is 0 Å². The molecule has 1 heterocycles. The van der Waals surface area contributed by atoms with Crippen molar-refractivity contribution in [1.82, 2.24) is 0 Å². The molecule has 0 radical (unpaired) electrons. The van der Waals surface area contributed by atoms with Gasteiger partial charge in [0.2, 0.25) is 0 Å². The van der Waals surface area contributed by atoms with Gasteiger partial charge < -0.3 is 18.9 Å². The molecule has 0 aromatic rings. The predicted octanol–water partition coefficient (Wildman–Crippen LogP) is 0.802. The van der Waals surface area contributed by atoms with Crippen molar-refractivity contribution in [2.45, 2.75) is 26.1 Å². The quantitative estimate of drug-likeness (QED) is 0.399. The minimum atomic E-state index is -0.897. The normalized spacial score (nSPS) is 17.2. The highest BCUT2D eigenvalue weighted by atomic mass is 16.7. The molecule has 0 aromatic heterocycles. The largest absolute Gasteiger partial charge is 0.462 e. The lowest BCUT2D eigenvalue weighted by atomic mass is 10.2. The van der Waals surface area contributed by atoms with Gasteiger partial charge in [-0.2, -0.15) is 0 Å². The predicted molar refractivity (Wildman–Crippen MR) is 61.7 cm³/mol. The zero-order valence-corrected chi connectivity index (χ0v) is 10.7. The first-order valence-electron chi connectivity index (χ1n) is 5.69. The Kier molecular flexibility index (Phi) is 5.30. The standard InChI is InChI=1S/C12H18O6/c1-9(2)11(14)16-5-4-15-10(13)8-12(3)17-6-7-18-12/h1,4-8H2,2-3H3. The van der Waals surface area contributed by atoms with E-state index in [0.29, 0.717) is 18.8 Å². The van der Waals surface area contributed by atoms with Gasteiger partial charge in [0.1, 0.15) is 13.2 Å². The van der Waals surface area contributed by atoms with E-state index in [1.54, 1.807) is 13.8 Å². The van der Waals surface area contributed by atoms with Crippen molar-refractivity contribution < 1.29 is 28.5 Å². The number of carbonyl (C=O) groups is 2. The fraction of sp³-hybridized carbons (Fsp3) is 0.667. The number of carbonyl (C=O) groups excluding carboxylic acids is 2. The highest BCUT2D eigenvalue weighted by molar-refractivity contribution is 5.86. The molecule has 1 fully saturated rings. The average Bonchev–Trinajstić information content (AvgIpc) is 2.70. The maximum absolute atomic E-state index is 11.4. The lowest BCUT2D eigenvalue weighted by molar-refractivity contribution is -0.176. The van der Waals surface area contributed by atoms with Crippen molar-refractivity contribution in [2.75, 3.05) is 26.4 Å². The molecular weight excluding hydrogens is 240 g/mol. The summed E-state index contributed by atoms with van der Waals surface area (Å²) in [6.07, 6.45) is 0.0153. The number of rotatable bonds is 6. The summed E-state index contributed by atoms with van der Waals surface area (Å²) in [5.74, 6) is -1.85. The third-order valence-corrected chi connectivity index (χ3v) is 2.29. The molecule has 0 N–H and O–H groups in total. The maximum Gasteiger partial charge on any atom is 0.333 e. The summed E-state index contributed by atoms with van der Waals surface area (Å²) in [6.45, 7) is 7.62. The van der Waals surface area contributed by atoms with Crippen LogP contribution in [0.4, 0.5) is 0 Å². The molecule has 1 saturated heterocycles. The molecule has 0 bridgehead atoms. The van der Waals surface area contributed by atoms with Gasteiger partial charge in [-0.25, -0.2) is 4.79 Å². The zero-order valence-electron chi connectivity index (χ0n) is 10.7. The Morgan fingerprint density at radius 3 is 2.33 bits per heavy atom. The second-order valence-corrected chi connectivity index (χ2v) is 4.14. The molecule has 1 aliphatic heterocycles. The summed E-state index contributed by atoms with van der Waals surface area (Å²) in [4.78, 5) is 22.5. The molecule has 0 aromatic carbocycles. The second kappa shape index (κ2) is 6.51. The number of hydrogen-bond acceptors (Lipinski definition) is 6. The lowest BCUT2D eigenvalue weighted by Gasteiger charge is -2.20. The van der Waals surface area contributed by atoms with Crippen molar-refractivity contribution in [2.24, 2.45) is 0 Å². The van der Waals surface area contributed by atoms with Gasteiger partial charge in [0.25, 0.3) is 0 Å². The molecule has 1 rings (SSSR count). The van der Waals surface area contributed by atoms with Crippen molar-refractivity contribution >= 4 is 11.9 Å². The fourth-order valence-corrected chi connectivity index (χ4v) is 1.39. The molecule has 1 aliphatic rings. The molecule has 0 unspecified atom stereocenters. The van der Waals surface area contributed by atoms with Crippen molar-refractivity contribution in [1.29, 1.82) is 0 Å². The van der Waals surface area contributed by atoms with E-state index in [-0.39, 0.29) is 19.6 Å². The molecule has 0 saturated carbocycles. The van der Waals surface area contributed by atoms with Gasteiger partial charge in [0.05, 0.1) is 19.6 Å². The van der Waals surface area contributed by atoms with Crippen LogP contribution in [0.3, 0.4) is 0 Å². The van der Waals surface area contributed by atoms with E-state index >= 15 is 0 Å². The van der Waals surface area contributed by atoms with E-state index in [2.05, 4.69) is 6.58 Å². The molecule has 0 atom stereocenters. The molecule has 18 heavy (non-hydrogen) atoms. The van der Waals surface area contributed by atoms with Gasteiger partial charge in [0, 0.05) is 5.57 Å².